The molecule has 5 rings (SSSR count). The van der Waals surface area contributed by atoms with Crippen molar-refractivity contribution < 1.29 is 41.3 Å². The van der Waals surface area contributed by atoms with Crippen molar-refractivity contribution in [2.24, 2.45) is 13.0 Å². The Hall–Kier alpha value is -3.78. The van der Waals surface area contributed by atoms with Crippen molar-refractivity contribution >= 4 is 17.7 Å². The zero-order chi connectivity index (χ0) is 31.5. The van der Waals surface area contributed by atoms with Gasteiger partial charge in [-0.05, 0) is 16.7 Å². The van der Waals surface area contributed by atoms with E-state index in [-0.39, 0.29) is 31.3 Å². The van der Waals surface area contributed by atoms with Gasteiger partial charge in [-0.3, -0.25) is 4.79 Å². The summed E-state index contributed by atoms with van der Waals surface area (Å²) in [5.74, 6) is -12.0. The van der Waals surface area contributed by atoms with Crippen LogP contribution in [0.15, 0.2) is 66.1 Å². The van der Waals surface area contributed by atoms with Crippen LogP contribution in [0.2, 0.25) is 0 Å². The lowest BCUT2D eigenvalue weighted by molar-refractivity contribution is -0.268. The van der Waals surface area contributed by atoms with Gasteiger partial charge in [0.05, 0.1) is 18.8 Å². The molecule has 0 bridgehead atoms. The van der Waals surface area contributed by atoms with E-state index in [1.807, 2.05) is 49.0 Å². The van der Waals surface area contributed by atoms with Gasteiger partial charge in [0.15, 0.2) is 34.7 Å². The van der Waals surface area contributed by atoms with Crippen LogP contribution in [0.25, 0.3) is 0 Å². The van der Waals surface area contributed by atoms with Crippen molar-refractivity contribution in [2.45, 2.75) is 43.7 Å². The fraction of sp³-hybridized carbons (Fsp3) is 0.290. The van der Waals surface area contributed by atoms with Gasteiger partial charge >= 0.3 is 0 Å². The zero-order valence-electron chi connectivity index (χ0n) is 23.6. The maximum atomic E-state index is 14.0. The van der Waals surface area contributed by atoms with Gasteiger partial charge in [0.2, 0.25) is 5.82 Å². The molecule has 3 aromatic carbocycles. The summed E-state index contributed by atoms with van der Waals surface area (Å²) in [4.78, 5) is 16.7. The lowest BCUT2D eigenvalue weighted by Gasteiger charge is -2.41. The molecular weight excluding hydrogens is 605 g/mol. The molecule has 0 unspecified atom stereocenters. The molecule has 13 heteroatoms. The fourth-order valence-corrected chi connectivity index (χ4v) is 5.92. The van der Waals surface area contributed by atoms with Crippen LogP contribution in [0, 0.1) is 35.0 Å². The third-order valence-corrected chi connectivity index (χ3v) is 8.57. The Kier molecular flexibility index (Phi) is 9.68. The lowest BCUT2D eigenvalue weighted by atomic mass is 9.91. The third kappa shape index (κ3) is 6.50. The van der Waals surface area contributed by atoms with Crippen LogP contribution in [0.1, 0.15) is 51.9 Å². The Labute approximate surface area is 254 Å². The van der Waals surface area contributed by atoms with Crippen LogP contribution in [0.4, 0.5) is 22.0 Å². The van der Waals surface area contributed by atoms with Crippen molar-refractivity contribution in [1.82, 2.24) is 14.9 Å². The molecule has 2 heterocycles. The number of aliphatic hydroxyl groups excluding tert-OH is 1. The average molecular weight is 634 g/mol. The summed E-state index contributed by atoms with van der Waals surface area (Å²) >= 11 is 1.56. The predicted octanol–water partition coefficient (Wildman–Crippen LogP) is 6.12. The number of aryl methyl sites for hydroxylation is 1. The Morgan fingerprint density at radius 3 is 2.09 bits per heavy atom. The number of benzene rings is 3. The van der Waals surface area contributed by atoms with E-state index in [0.29, 0.717) is 16.9 Å². The van der Waals surface area contributed by atoms with Crippen LogP contribution < -0.4 is 5.32 Å². The van der Waals surface area contributed by atoms with Gasteiger partial charge < -0.3 is 24.5 Å². The largest absolute Gasteiger partial charge is 0.392 e. The summed E-state index contributed by atoms with van der Waals surface area (Å²) in [7, 11) is 1.91. The van der Waals surface area contributed by atoms with Crippen LogP contribution in [0.5, 0.6) is 0 Å². The van der Waals surface area contributed by atoms with Crippen molar-refractivity contribution in [3.63, 3.8) is 0 Å². The highest BCUT2D eigenvalue weighted by Crippen LogP contribution is 2.43. The monoisotopic (exact) mass is 633 g/mol. The Balaban J connectivity index is 1.31. The number of ether oxygens (including phenoxy) is 2. The second-order valence-corrected chi connectivity index (χ2v) is 11.3. The van der Waals surface area contributed by atoms with Gasteiger partial charge in [-0.15, -0.1) is 0 Å². The molecule has 4 aromatic rings. The summed E-state index contributed by atoms with van der Waals surface area (Å²) in [6, 6.07) is 14.2. The van der Waals surface area contributed by atoms with Gasteiger partial charge in [0.25, 0.3) is 5.91 Å². The van der Waals surface area contributed by atoms with Crippen molar-refractivity contribution in [1.29, 1.82) is 0 Å². The first-order chi connectivity index (χ1) is 21.1. The highest BCUT2D eigenvalue weighted by molar-refractivity contribution is 7.99. The van der Waals surface area contributed by atoms with Crippen LogP contribution in [0.3, 0.4) is 0 Å². The second kappa shape index (κ2) is 13.5. The number of carbonyl (C=O) groups is 1. The zero-order valence-corrected chi connectivity index (χ0v) is 24.4. The molecule has 1 aromatic heterocycles. The van der Waals surface area contributed by atoms with Crippen molar-refractivity contribution in [3.05, 3.63) is 118 Å². The van der Waals surface area contributed by atoms with E-state index in [1.165, 1.54) is 0 Å². The lowest BCUT2D eigenvalue weighted by Crippen LogP contribution is -2.38. The molecule has 0 aliphatic carbocycles. The molecule has 1 aliphatic heterocycles. The molecule has 1 aliphatic rings. The summed E-state index contributed by atoms with van der Waals surface area (Å²) < 4.78 is 83.2. The maximum Gasteiger partial charge on any atom is 0.257 e. The standard InChI is InChI=1S/C31H28F5N3O4S/c1-16-21(15-44-31-37-11-12-39(31)2)42-30(43-28(16)19-7-5-18(14-40)6-8-19)20-9-3-17(4-10-20)13-38-29(41)22-23(32)25(34)27(36)26(35)24(22)33/h3-12,16,21,28,30,40H,13-15H2,1-2H3,(H,38,41)/t16-,21+,28+,30+/m0/s1. The summed E-state index contributed by atoms with van der Waals surface area (Å²) in [5, 5.41) is 12.5. The topological polar surface area (TPSA) is 85.6 Å². The molecule has 44 heavy (non-hydrogen) atoms. The molecule has 1 saturated heterocycles. The minimum absolute atomic E-state index is 0.0459. The van der Waals surface area contributed by atoms with E-state index < -0.39 is 46.8 Å². The SMILES string of the molecule is C[C@H]1[C@@H](CSc2nccn2C)O[C@@H](c2ccc(CNC(=O)c3c(F)c(F)c(F)c(F)c3F)cc2)O[C@H]1c1ccc(CO)cc1. The number of halogens is 5. The highest BCUT2D eigenvalue weighted by Gasteiger charge is 2.38. The minimum atomic E-state index is -2.34. The normalized spacial score (nSPS) is 20.1. The van der Waals surface area contributed by atoms with Gasteiger partial charge in [-0.2, -0.15) is 0 Å². The first-order valence-electron chi connectivity index (χ1n) is 13.6. The van der Waals surface area contributed by atoms with E-state index in [9.17, 15) is 31.9 Å². The number of carbonyl (C=O) groups excluding carboxylic acids is 1. The first kappa shape index (κ1) is 31.6. The predicted molar refractivity (Wildman–Crippen MR) is 151 cm³/mol. The van der Waals surface area contributed by atoms with E-state index in [2.05, 4.69) is 10.3 Å². The maximum absolute atomic E-state index is 14.0. The van der Waals surface area contributed by atoms with E-state index in [1.54, 1.807) is 42.2 Å². The Bertz CT molecular complexity index is 1610. The number of hydrogen-bond acceptors (Lipinski definition) is 6. The molecule has 4 atom stereocenters. The van der Waals surface area contributed by atoms with Gasteiger partial charge in [-0.25, -0.2) is 26.9 Å². The molecule has 1 amide bonds. The number of rotatable bonds is 9. The van der Waals surface area contributed by atoms with Gasteiger partial charge in [0, 0.05) is 43.2 Å². The average Bonchev–Trinajstić information content (AvgIpc) is 3.46. The second-order valence-electron chi connectivity index (χ2n) is 10.3. The highest BCUT2D eigenvalue weighted by atomic mass is 32.2. The number of aliphatic hydroxyl groups is 1. The molecule has 1 fully saturated rings. The molecule has 232 valence electrons. The van der Waals surface area contributed by atoms with E-state index in [4.69, 9.17) is 9.47 Å². The fourth-order valence-electron chi connectivity index (χ4n) is 4.83. The summed E-state index contributed by atoms with van der Waals surface area (Å²) in [6.45, 7) is 1.72. The first-order valence-corrected chi connectivity index (χ1v) is 14.6. The number of amides is 1. The molecule has 0 spiro atoms. The van der Waals surface area contributed by atoms with Crippen LogP contribution >= 0.6 is 11.8 Å². The molecule has 7 nitrogen and oxygen atoms in total. The summed E-state index contributed by atoms with van der Waals surface area (Å²) in [5.41, 5.74) is 1.30. The van der Waals surface area contributed by atoms with Crippen molar-refractivity contribution in [3.8, 4) is 0 Å². The molecular formula is C31H28F5N3O4S. The number of imidazole rings is 1. The van der Waals surface area contributed by atoms with E-state index in [0.717, 1.165) is 16.3 Å². The van der Waals surface area contributed by atoms with Crippen LogP contribution in [-0.2, 0) is 29.7 Å². The van der Waals surface area contributed by atoms with Gasteiger partial charge in [-0.1, -0.05) is 67.2 Å². The van der Waals surface area contributed by atoms with Crippen LogP contribution in [-0.4, -0.2) is 32.4 Å². The minimum Gasteiger partial charge on any atom is -0.392 e. The number of nitrogens with one attached hydrogen (secondary N) is 1. The molecule has 0 radical (unpaired) electrons. The molecule has 0 saturated carbocycles. The Morgan fingerprint density at radius 1 is 0.909 bits per heavy atom. The number of thioether (sulfide) groups is 1. The smallest absolute Gasteiger partial charge is 0.257 e. The number of aromatic nitrogens is 2. The van der Waals surface area contributed by atoms with E-state index >= 15 is 0 Å². The van der Waals surface area contributed by atoms with Gasteiger partial charge in [0.1, 0.15) is 5.56 Å². The number of hydrogen-bond donors (Lipinski definition) is 2. The third-order valence-electron chi connectivity index (χ3n) is 7.42. The van der Waals surface area contributed by atoms with Crippen molar-refractivity contribution in [2.75, 3.05) is 5.75 Å². The summed E-state index contributed by atoms with van der Waals surface area (Å²) in [6.07, 6.45) is 2.24. The quantitative estimate of drug-likeness (QED) is 0.100. The Morgan fingerprint density at radius 2 is 1.50 bits per heavy atom. The number of nitrogens with zero attached hydrogens (tertiary/aromatic N) is 2. The molecule has 2 N–H and O–H groups in total.